The maximum absolute atomic E-state index is 12.3. The highest BCUT2D eigenvalue weighted by atomic mass is 32.1. The molecule has 2 aromatic rings. The van der Waals surface area contributed by atoms with Crippen molar-refractivity contribution in [3.8, 4) is 0 Å². The van der Waals surface area contributed by atoms with Crippen molar-refractivity contribution in [2.45, 2.75) is 12.8 Å². The molecular weight excluding hydrogens is 262 g/mol. The minimum Gasteiger partial charge on any atom is -0.481 e. The number of amides is 1. The largest absolute Gasteiger partial charge is 0.481 e. The van der Waals surface area contributed by atoms with Crippen LogP contribution < -0.4 is 0 Å². The third-order valence-electron chi connectivity index (χ3n) is 2.94. The van der Waals surface area contributed by atoms with Gasteiger partial charge < -0.3 is 10.0 Å². The van der Waals surface area contributed by atoms with Crippen LogP contribution in [0.15, 0.2) is 29.6 Å². The summed E-state index contributed by atoms with van der Waals surface area (Å²) in [4.78, 5) is 24.3. The van der Waals surface area contributed by atoms with Crippen LogP contribution in [-0.4, -0.2) is 35.5 Å². The first kappa shape index (κ1) is 13.5. The highest BCUT2D eigenvalue weighted by Gasteiger charge is 2.16. The Kier molecular flexibility index (Phi) is 4.16. The van der Waals surface area contributed by atoms with Crippen LogP contribution in [0.25, 0.3) is 10.1 Å². The topological polar surface area (TPSA) is 57.6 Å². The van der Waals surface area contributed by atoms with Gasteiger partial charge in [0, 0.05) is 35.5 Å². The summed E-state index contributed by atoms with van der Waals surface area (Å²) in [5.74, 6) is -0.885. The number of fused-ring (bicyclic) bond motifs is 1. The summed E-state index contributed by atoms with van der Waals surface area (Å²) in [7, 11) is 1.70. The Balaban J connectivity index is 2.08. The molecule has 0 radical (unpaired) electrons. The molecule has 0 saturated heterocycles. The van der Waals surface area contributed by atoms with Gasteiger partial charge in [0.25, 0.3) is 5.91 Å². The third-order valence-corrected chi connectivity index (χ3v) is 3.91. The Labute approximate surface area is 115 Å². The van der Waals surface area contributed by atoms with Gasteiger partial charge in [-0.05, 0) is 12.5 Å². The van der Waals surface area contributed by atoms with E-state index in [1.807, 2.05) is 29.6 Å². The van der Waals surface area contributed by atoms with Crippen LogP contribution in [0.3, 0.4) is 0 Å². The van der Waals surface area contributed by atoms with Gasteiger partial charge in [-0.1, -0.05) is 18.2 Å². The Morgan fingerprint density at radius 1 is 1.32 bits per heavy atom. The predicted molar refractivity (Wildman–Crippen MR) is 75.7 cm³/mol. The van der Waals surface area contributed by atoms with Crippen LogP contribution in [0.5, 0.6) is 0 Å². The maximum atomic E-state index is 12.3. The average Bonchev–Trinajstić information content (AvgIpc) is 2.81. The molecule has 0 aliphatic rings. The van der Waals surface area contributed by atoms with Crippen LogP contribution in [0.2, 0.25) is 0 Å². The summed E-state index contributed by atoms with van der Waals surface area (Å²) in [6, 6.07) is 7.78. The van der Waals surface area contributed by atoms with Crippen molar-refractivity contribution in [1.82, 2.24) is 4.90 Å². The molecule has 0 fully saturated rings. The van der Waals surface area contributed by atoms with E-state index in [-0.39, 0.29) is 12.3 Å². The van der Waals surface area contributed by atoms with Gasteiger partial charge in [-0.2, -0.15) is 0 Å². The minimum absolute atomic E-state index is 0.0529. The molecule has 0 unspecified atom stereocenters. The fourth-order valence-electron chi connectivity index (χ4n) is 1.92. The molecule has 0 atom stereocenters. The van der Waals surface area contributed by atoms with Gasteiger partial charge in [-0.15, -0.1) is 11.3 Å². The van der Waals surface area contributed by atoms with Crippen LogP contribution in [-0.2, 0) is 4.79 Å². The first-order valence-electron chi connectivity index (χ1n) is 6.03. The number of carbonyl (C=O) groups excluding carboxylic acids is 1. The lowest BCUT2D eigenvalue weighted by atomic mass is 10.1. The number of carbonyl (C=O) groups is 2. The maximum Gasteiger partial charge on any atom is 0.303 e. The molecule has 19 heavy (non-hydrogen) atoms. The van der Waals surface area contributed by atoms with Crippen molar-refractivity contribution in [2.24, 2.45) is 0 Å². The van der Waals surface area contributed by atoms with E-state index in [1.165, 1.54) is 0 Å². The molecule has 1 aromatic carbocycles. The molecule has 0 bridgehead atoms. The van der Waals surface area contributed by atoms with Crippen molar-refractivity contribution < 1.29 is 14.7 Å². The van der Waals surface area contributed by atoms with E-state index >= 15 is 0 Å². The van der Waals surface area contributed by atoms with E-state index in [0.29, 0.717) is 18.5 Å². The number of thiophene rings is 1. The van der Waals surface area contributed by atoms with Gasteiger partial charge in [0.15, 0.2) is 0 Å². The van der Waals surface area contributed by atoms with Crippen molar-refractivity contribution in [3.05, 3.63) is 35.2 Å². The molecule has 4 nitrogen and oxygen atoms in total. The van der Waals surface area contributed by atoms with E-state index < -0.39 is 5.97 Å². The van der Waals surface area contributed by atoms with Crippen LogP contribution in [0, 0.1) is 0 Å². The smallest absolute Gasteiger partial charge is 0.303 e. The van der Waals surface area contributed by atoms with Crippen molar-refractivity contribution in [2.75, 3.05) is 13.6 Å². The van der Waals surface area contributed by atoms with Crippen LogP contribution in [0.4, 0.5) is 0 Å². The second-order valence-electron chi connectivity index (χ2n) is 4.37. The SMILES string of the molecule is CN(CCCC(=O)O)C(=O)c1csc2ccccc12. The van der Waals surface area contributed by atoms with Gasteiger partial charge in [-0.25, -0.2) is 0 Å². The van der Waals surface area contributed by atoms with Crippen LogP contribution in [0.1, 0.15) is 23.2 Å². The van der Waals surface area contributed by atoms with Gasteiger partial charge in [0.1, 0.15) is 0 Å². The van der Waals surface area contributed by atoms with Gasteiger partial charge >= 0.3 is 5.97 Å². The number of rotatable bonds is 5. The van der Waals surface area contributed by atoms with E-state index in [0.717, 1.165) is 10.1 Å². The lowest BCUT2D eigenvalue weighted by molar-refractivity contribution is -0.137. The summed E-state index contributed by atoms with van der Waals surface area (Å²) in [6.07, 6.45) is 0.557. The molecular formula is C14H15NO3S. The number of hydrogen-bond acceptors (Lipinski definition) is 3. The number of nitrogens with zero attached hydrogens (tertiary/aromatic N) is 1. The molecule has 1 N–H and O–H groups in total. The second-order valence-corrected chi connectivity index (χ2v) is 5.28. The monoisotopic (exact) mass is 277 g/mol. The van der Waals surface area contributed by atoms with E-state index in [4.69, 9.17) is 5.11 Å². The quantitative estimate of drug-likeness (QED) is 0.914. The summed E-state index contributed by atoms with van der Waals surface area (Å²) < 4.78 is 1.09. The van der Waals surface area contributed by atoms with E-state index in [9.17, 15) is 9.59 Å². The number of carboxylic acid groups (broad SMARTS) is 1. The fourth-order valence-corrected chi connectivity index (χ4v) is 2.85. The zero-order valence-electron chi connectivity index (χ0n) is 10.6. The third kappa shape index (κ3) is 3.12. The molecule has 1 aromatic heterocycles. The van der Waals surface area contributed by atoms with Crippen molar-refractivity contribution in [1.29, 1.82) is 0 Å². The minimum atomic E-state index is -0.832. The Morgan fingerprint density at radius 3 is 2.79 bits per heavy atom. The fraction of sp³-hybridized carbons (Fsp3) is 0.286. The molecule has 5 heteroatoms. The molecule has 0 saturated carbocycles. The van der Waals surface area contributed by atoms with Crippen molar-refractivity contribution in [3.63, 3.8) is 0 Å². The standard InChI is InChI=1S/C14H15NO3S/c1-15(8-4-7-13(16)17)14(18)11-9-19-12-6-3-2-5-10(11)12/h2-3,5-6,9H,4,7-8H2,1H3,(H,16,17). The summed E-state index contributed by atoms with van der Waals surface area (Å²) in [5.41, 5.74) is 0.693. The average molecular weight is 277 g/mol. The van der Waals surface area contributed by atoms with Crippen LogP contribution >= 0.6 is 11.3 Å². The zero-order valence-corrected chi connectivity index (χ0v) is 11.4. The Bertz CT molecular complexity index is 606. The lowest BCUT2D eigenvalue weighted by Gasteiger charge is -2.16. The molecule has 1 amide bonds. The first-order valence-corrected chi connectivity index (χ1v) is 6.91. The molecule has 2 rings (SSSR count). The molecule has 100 valence electrons. The normalized spacial score (nSPS) is 10.6. The van der Waals surface area contributed by atoms with E-state index in [2.05, 4.69) is 0 Å². The molecule has 0 spiro atoms. The number of hydrogen-bond donors (Lipinski definition) is 1. The first-order chi connectivity index (χ1) is 9.09. The summed E-state index contributed by atoms with van der Waals surface area (Å²) in [6.45, 7) is 0.454. The number of aliphatic carboxylic acids is 1. The molecule has 0 aliphatic heterocycles. The molecule has 0 aliphatic carbocycles. The van der Waals surface area contributed by atoms with Gasteiger partial charge in [0.05, 0.1) is 5.56 Å². The summed E-state index contributed by atoms with van der Waals surface area (Å²) >= 11 is 1.55. The zero-order chi connectivity index (χ0) is 13.8. The lowest BCUT2D eigenvalue weighted by Crippen LogP contribution is -2.27. The Hall–Kier alpha value is -1.88. The van der Waals surface area contributed by atoms with Gasteiger partial charge in [-0.3, -0.25) is 9.59 Å². The predicted octanol–water partition coefficient (Wildman–Crippen LogP) is 2.84. The summed E-state index contributed by atoms with van der Waals surface area (Å²) in [5, 5.41) is 11.4. The van der Waals surface area contributed by atoms with Gasteiger partial charge in [0.2, 0.25) is 0 Å². The number of benzene rings is 1. The highest BCUT2D eigenvalue weighted by molar-refractivity contribution is 7.17. The Morgan fingerprint density at radius 2 is 2.05 bits per heavy atom. The second kappa shape index (κ2) is 5.84. The molecule has 1 heterocycles. The highest BCUT2D eigenvalue weighted by Crippen LogP contribution is 2.26. The number of carboxylic acids is 1. The van der Waals surface area contributed by atoms with Crippen molar-refractivity contribution >= 4 is 33.3 Å². The van der Waals surface area contributed by atoms with E-state index in [1.54, 1.807) is 23.3 Å².